The van der Waals surface area contributed by atoms with Gasteiger partial charge in [-0.05, 0) is 55.3 Å². The third kappa shape index (κ3) is 4.75. The van der Waals surface area contributed by atoms with E-state index in [1.807, 2.05) is 0 Å². The Bertz CT molecular complexity index is 412. The highest BCUT2D eigenvalue weighted by Crippen LogP contribution is 2.38. The third-order valence-corrected chi connectivity index (χ3v) is 6.15. The predicted octanol–water partition coefficient (Wildman–Crippen LogP) is 5.46. The summed E-state index contributed by atoms with van der Waals surface area (Å²) in [6, 6.07) is 9.93. The van der Waals surface area contributed by atoms with Crippen molar-refractivity contribution in [2.24, 2.45) is 5.92 Å². The lowest BCUT2D eigenvalue weighted by Gasteiger charge is -2.36. The highest BCUT2D eigenvalue weighted by molar-refractivity contribution is 8.00. The normalized spacial score (nSPS) is 26.2. The minimum absolute atomic E-state index is 0.623. The molecule has 1 nitrogen and oxygen atoms in total. The molecule has 1 aromatic rings. The monoisotopic (exact) mass is 305 g/mol. The van der Waals surface area contributed by atoms with Crippen molar-refractivity contribution in [1.29, 1.82) is 0 Å². The lowest BCUT2D eigenvalue weighted by atomic mass is 9.84. The van der Waals surface area contributed by atoms with Crippen LogP contribution in [0.4, 0.5) is 0 Å². The zero-order chi connectivity index (χ0) is 15.2. The molecule has 0 radical (unpaired) electrons. The number of thioether (sulfide) groups is 1. The Morgan fingerprint density at radius 3 is 2.43 bits per heavy atom. The zero-order valence-corrected chi connectivity index (χ0v) is 14.9. The summed E-state index contributed by atoms with van der Waals surface area (Å²) in [5.41, 5.74) is 1.44. The standard InChI is InChI=1S/C19H31NS/c1-5-15-7-12-18(20-6-2)19(13-15)21-17-10-8-16(9-11-17)14(3)4/h8-11,14-15,18-20H,5-7,12-13H2,1-4H3. The van der Waals surface area contributed by atoms with Crippen molar-refractivity contribution >= 4 is 11.8 Å². The Balaban J connectivity index is 2.02. The van der Waals surface area contributed by atoms with Crippen molar-refractivity contribution in [3.05, 3.63) is 29.8 Å². The molecule has 0 saturated heterocycles. The largest absolute Gasteiger partial charge is 0.313 e. The molecular formula is C19H31NS. The molecule has 1 aromatic carbocycles. The van der Waals surface area contributed by atoms with Gasteiger partial charge in [0.15, 0.2) is 0 Å². The first-order chi connectivity index (χ1) is 10.1. The van der Waals surface area contributed by atoms with Gasteiger partial charge in [0.2, 0.25) is 0 Å². The molecule has 2 rings (SSSR count). The molecule has 0 amide bonds. The minimum atomic E-state index is 0.623. The van der Waals surface area contributed by atoms with Gasteiger partial charge in [-0.2, -0.15) is 0 Å². The topological polar surface area (TPSA) is 12.0 Å². The van der Waals surface area contributed by atoms with Gasteiger partial charge in [0.05, 0.1) is 0 Å². The van der Waals surface area contributed by atoms with Gasteiger partial charge in [0, 0.05) is 16.2 Å². The SMILES string of the molecule is CCNC1CCC(CC)CC1Sc1ccc(C(C)C)cc1. The molecule has 118 valence electrons. The van der Waals surface area contributed by atoms with E-state index in [2.05, 4.69) is 69.0 Å². The summed E-state index contributed by atoms with van der Waals surface area (Å²) in [6.07, 6.45) is 5.44. The molecule has 0 spiro atoms. The van der Waals surface area contributed by atoms with Crippen molar-refractivity contribution in [3.63, 3.8) is 0 Å². The number of benzene rings is 1. The van der Waals surface area contributed by atoms with Crippen molar-refractivity contribution in [2.75, 3.05) is 6.54 Å². The average Bonchev–Trinajstić information content (AvgIpc) is 2.49. The Kier molecular flexibility index (Phi) is 6.63. The highest BCUT2D eigenvalue weighted by Gasteiger charge is 2.29. The van der Waals surface area contributed by atoms with Crippen LogP contribution in [0.2, 0.25) is 0 Å². The van der Waals surface area contributed by atoms with E-state index in [0.29, 0.717) is 12.0 Å². The third-order valence-electron chi connectivity index (χ3n) is 4.78. The van der Waals surface area contributed by atoms with E-state index in [1.165, 1.54) is 36.1 Å². The summed E-state index contributed by atoms with van der Waals surface area (Å²) in [7, 11) is 0. The molecule has 3 atom stereocenters. The van der Waals surface area contributed by atoms with Crippen LogP contribution < -0.4 is 5.32 Å². The molecule has 1 N–H and O–H groups in total. The predicted molar refractivity (Wildman–Crippen MR) is 95.3 cm³/mol. The molecule has 1 aliphatic carbocycles. The molecule has 0 aromatic heterocycles. The van der Waals surface area contributed by atoms with Gasteiger partial charge >= 0.3 is 0 Å². The second-order valence-electron chi connectivity index (χ2n) is 6.63. The lowest BCUT2D eigenvalue weighted by Crippen LogP contribution is -2.42. The number of hydrogen-bond acceptors (Lipinski definition) is 2. The molecule has 21 heavy (non-hydrogen) atoms. The Morgan fingerprint density at radius 2 is 1.86 bits per heavy atom. The van der Waals surface area contributed by atoms with Crippen LogP contribution in [0.3, 0.4) is 0 Å². The Hall–Kier alpha value is -0.470. The van der Waals surface area contributed by atoms with Crippen molar-refractivity contribution < 1.29 is 0 Å². The quantitative estimate of drug-likeness (QED) is 0.749. The maximum Gasteiger partial charge on any atom is 0.0251 e. The molecule has 1 fully saturated rings. The van der Waals surface area contributed by atoms with Gasteiger partial charge in [-0.3, -0.25) is 0 Å². The van der Waals surface area contributed by atoms with Crippen LogP contribution in [0.25, 0.3) is 0 Å². The fourth-order valence-electron chi connectivity index (χ4n) is 3.31. The van der Waals surface area contributed by atoms with E-state index in [1.54, 1.807) is 0 Å². The number of rotatable bonds is 6. The second-order valence-corrected chi connectivity index (χ2v) is 7.94. The van der Waals surface area contributed by atoms with Crippen molar-refractivity contribution in [2.45, 2.75) is 75.5 Å². The van der Waals surface area contributed by atoms with Crippen LogP contribution in [0.5, 0.6) is 0 Å². The van der Waals surface area contributed by atoms with Crippen LogP contribution >= 0.6 is 11.8 Å². The molecule has 0 bridgehead atoms. The van der Waals surface area contributed by atoms with E-state index in [9.17, 15) is 0 Å². The first kappa shape index (κ1) is 16.9. The zero-order valence-electron chi connectivity index (χ0n) is 14.1. The fourth-order valence-corrected chi connectivity index (χ4v) is 4.72. The van der Waals surface area contributed by atoms with Crippen LogP contribution in [0.15, 0.2) is 29.2 Å². The van der Waals surface area contributed by atoms with E-state index in [-0.39, 0.29) is 0 Å². The summed E-state index contributed by atoms with van der Waals surface area (Å²) in [5.74, 6) is 1.55. The van der Waals surface area contributed by atoms with Crippen LogP contribution in [0, 0.1) is 5.92 Å². The maximum atomic E-state index is 3.71. The van der Waals surface area contributed by atoms with Gasteiger partial charge < -0.3 is 5.32 Å². The summed E-state index contributed by atoms with van der Waals surface area (Å²) in [5, 5.41) is 4.44. The fraction of sp³-hybridized carbons (Fsp3) is 0.684. The van der Waals surface area contributed by atoms with E-state index >= 15 is 0 Å². The second kappa shape index (κ2) is 8.24. The molecular weight excluding hydrogens is 274 g/mol. The van der Waals surface area contributed by atoms with Gasteiger partial charge in [-0.1, -0.05) is 46.2 Å². The molecule has 1 aliphatic rings. The van der Waals surface area contributed by atoms with Crippen molar-refractivity contribution in [3.8, 4) is 0 Å². The first-order valence-corrected chi connectivity index (χ1v) is 9.52. The summed E-state index contributed by atoms with van der Waals surface area (Å²) in [6.45, 7) is 10.2. The van der Waals surface area contributed by atoms with Gasteiger partial charge in [0.25, 0.3) is 0 Å². The molecule has 0 aliphatic heterocycles. The van der Waals surface area contributed by atoms with Gasteiger partial charge in [0.1, 0.15) is 0 Å². The number of hydrogen-bond donors (Lipinski definition) is 1. The van der Waals surface area contributed by atoms with E-state index in [0.717, 1.165) is 17.7 Å². The smallest absolute Gasteiger partial charge is 0.0251 e. The molecule has 3 unspecified atom stereocenters. The van der Waals surface area contributed by atoms with Gasteiger partial charge in [-0.25, -0.2) is 0 Å². The van der Waals surface area contributed by atoms with Crippen LogP contribution in [-0.4, -0.2) is 17.8 Å². The van der Waals surface area contributed by atoms with E-state index in [4.69, 9.17) is 0 Å². The Labute approximate surface area is 135 Å². The lowest BCUT2D eigenvalue weighted by molar-refractivity contribution is 0.298. The average molecular weight is 306 g/mol. The van der Waals surface area contributed by atoms with Gasteiger partial charge in [-0.15, -0.1) is 11.8 Å². The summed E-state index contributed by atoms with van der Waals surface area (Å²) in [4.78, 5) is 1.43. The van der Waals surface area contributed by atoms with Crippen molar-refractivity contribution in [1.82, 2.24) is 5.32 Å². The molecule has 0 heterocycles. The molecule has 1 saturated carbocycles. The first-order valence-electron chi connectivity index (χ1n) is 8.64. The summed E-state index contributed by atoms with van der Waals surface area (Å²) >= 11 is 2.09. The summed E-state index contributed by atoms with van der Waals surface area (Å²) < 4.78 is 0. The minimum Gasteiger partial charge on any atom is -0.313 e. The molecule has 2 heteroatoms. The highest BCUT2D eigenvalue weighted by atomic mass is 32.2. The maximum absolute atomic E-state index is 3.71. The van der Waals surface area contributed by atoms with Crippen LogP contribution in [0.1, 0.15) is 64.9 Å². The van der Waals surface area contributed by atoms with E-state index < -0.39 is 0 Å². The van der Waals surface area contributed by atoms with Crippen LogP contribution in [-0.2, 0) is 0 Å². The number of nitrogens with one attached hydrogen (secondary N) is 1. The Morgan fingerprint density at radius 1 is 1.14 bits per heavy atom.